The van der Waals surface area contributed by atoms with Crippen molar-refractivity contribution in [2.45, 2.75) is 13.3 Å². The first kappa shape index (κ1) is 10.6. The number of nitrogens with zero attached hydrogens (tertiary/aromatic N) is 2. The van der Waals surface area contributed by atoms with E-state index in [1.54, 1.807) is 6.08 Å². The summed E-state index contributed by atoms with van der Waals surface area (Å²) < 4.78 is 0. The molecule has 0 aliphatic carbocycles. The van der Waals surface area contributed by atoms with Crippen LogP contribution in [-0.2, 0) is 11.3 Å². The van der Waals surface area contributed by atoms with Gasteiger partial charge >= 0.3 is 0 Å². The molecule has 6 heteroatoms. The largest absolute Gasteiger partial charge is 0.314 e. The third-order valence-electron chi connectivity index (χ3n) is 1.61. The van der Waals surface area contributed by atoms with E-state index in [4.69, 9.17) is 0 Å². The van der Waals surface area contributed by atoms with Crippen LogP contribution in [0.15, 0.2) is 6.58 Å². The van der Waals surface area contributed by atoms with Gasteiger partial charge in [-0.2, -0.15) is 0 Å². The van der Waals surface area contributed by atoms with Crippen molar-refractivity contribution in [1.82, 2.24) is 4.98 Å². The van der Waals surface area contributed by atoms with Gasteiger partial charge in [-0.05, 0) is 13.0 Å². The van der Waals surface area contributed by atoms with Gasteiger partial charge in [0.25, 0.3) is 5.09 Å². The maximum absolute atomic E-state index is 9.89. The summed E-state index contributed by atoms with van der Waals surface area (Å²) in [4.78, 5) is 19.3. The van der Waals surface area contributed by atoms with E-state index in [0.29, 0.717) is 6.42 Å². The maximum atomic E-state index is 9.89. The second-order valence-corrected chi connectivity index (χ2v) is 3.69. The topological polar surface area (TPSA) is 65.3 Å². The molecule has 0 atom stereocenters. The van der Waals surface area contributed by atoms with E-state index in [-0.39, 0.29) is 6.61 Å². The lowest BCUT2D eigenvalue weighted by Crippen LogP contribution is -2.04. The molecule has 0 unspecified atom stereocenters. The molecule has 14 heavy (non-hydrogen) atoms. The fraction of sp³-hybridized carbons (Fsp3) is 0.375. The highest BCUT2D eigenvalue weighted by molar-refractivity contribution is 7.12. The highest BCUT2D eigenvalue weighted by atomic mass is 32.1. The van der Waals surface area contributed by atoms with Gasteiger partial charge in [0.15, 0.2) is 0 Å². The third kappa shape index (κ3) is 2.81. The number of aromatic nitrogens is 1. The first-order valence-electron chi connectivity index (χ1n) is 3.99. The number of hydrogen-bond donors (Lipinski definition) is 0. The van der Waals surface area contributed by atoms with Gasteiger partial charge in [-0.1, -0.05) is 6.58 Å². The zero-order chi connectivity index (χ0) is 10.6. The molecule has 0 aromatic carbocycles. The van der Waals surface area contributed by atoms with Gasteiger partial charge in [0.2, 0.25) is 0 Å². The Balaban J connectivity index is 2.53. The Morgan fingerprint density at radius 1 is 1.79 bits per heavy atom. The fourth-order valence-electron chi connectivity index (χ4n) is 0.983. The van der Waals surface area contributed by atoms with Gasteiger partial charge in [-0.3, -0.25) is 0 Å². The number of thiazole rings is 1. The fourth-order valence-corrected chi connectivity index (χ4v) is 1.88. The van der Waals surface area contributed by atoms with E-state index < -0.39 is 5.09 Å². The van der Waals surface area contributed by atoms with Crippen molar-refractivity contribution in [3.05, 3.63) is 32.3 Å². The van der Waals surface area contributed by atoms with Crippen LogP contribution < -0.4 is 0 Å². The molecule has 5 nitrogen and oxygen atoms in total. The third-order valence-corrected chi connectivity index (χ3v) is 2.82. The summed E-state index contributed by atoms with van der Waals surface area (Å²) in [6.45, 7) is 5.54. The molecule has 0 saturated heterocycles. The van der Waals surface area contributed by atoms with Crippen molar-refractivity contribution in [1.29, 1.82) is 0 Å². The Morgan fingerprint density at radius 2 is 2.50 bits per heavy atom. The van der Waals surface area contributed by atoms with Gasteiger partial charge in [0, 0.05) is 11.3 Å². The molecule has 76 valence electrons. The lowest BCUT2D eigenvalue weighted by molar-refractivity contribution is -0.757. The second-order valence-electron chi connectivity index (χ2n) is 2.57. The van der Waals surface area contributed by atoms with Crippen LogP contribution >= 0.6 is 11.3 Å². The van der Waals surface area contributed by atoms with Crippen molar-refractivity contribution >= 4 is 17.4 Å². The molecule has 1 aromatic heterocycles. The van der Waals surface area contributed by atoms with Crippen LogP contribution in [0.5, 0.6) is 0 Å². The molecule has 0 radical (unpaired) electrons. The van der Waals surface area contributed by atoms with Crippen LogP contribution in [0.25, 0.3) is 6.08 Å². The zero-order valence-corrected chi connectivity index (χ0v) is 8.54. The molecule has 0 saturated carbocycles. The van der Waals surface area contributed by atoms with Crippen molar-refractivity contribution in [3.63, 3.8) is 0 Å². The van der Waals surface area contributed by atoms with E-state index in [9.17, 15) is 10.1 Å². The lowest BCUT2D eigenvalue weighted by atomic mass is 10.3. The molecule has 0 spiro atoms. The summed E-state index contributed by atoms with van der Waals surface area (Å²) in [6, 6.07) is 0. The predicted molar refractivity (Wildman–Crippen MR) is 53.6 cm³/mol. The standard InChI is InChI=1S/C8H10N2O3S/c1-3-8-9-6(2)7(14-8)4-5-13-10(11)12/h3H,1,4-5H2,2H3. The first-order chi connectivity index (χ1) is 6.63. The molecular weight excluding hydrogens is 204 g/mol. The minimum absolute atomic E-state index is 0.0760. The van der Waals surface area contributed by atoms with Crippen LogP contribution in [0.2, 0.25) is 0 Å². The van der Waals surface area contributed by atoms with E-state index in [1.165, 1.54) is 11.3 Å². The van der Waals surface area contributed by atoms with Crippen LogP contribution in [-0.4, -0.2) is 16.7 Å². The predicted octanol–water partition coefficient (Wildman–Crippen LogP) is 1.85. The summed E-state index contributed by atoms with van der Waals surface area (Å²) >= 11 is 1.48. The summed E-state index contributed by atoms with van der Waals surface area (Å²) in [5.74, 6) is 0. The highest BCUT2D eigenvalue weighted by Gasteiger charge is 2.05. The summed E-state index contributed by atoms with van der Waals surface area (Å²) in [7, 11) is 0. The molecule has 0 aliphatic rings. The average molecular weight is 214 g/mol. The minimum Gasteiger partial charge on any atom is -0.314 e. The quantitative estimate of drug-likeness (QED) is 0.554. The summed E-state index contributed by atoms with van der Waals surface area (Å²) in [5.41, 5.74) is 0.886. The van der Waals surface area contributed by atoms with E-state index in [0.717, 1.165) is 15.6 Å². The molecular formula is C8H10N2O3S. The summed E-state index contributed by atoms with van der Waals surface area (Å²) in [6.07, 6.45) is 2.17. The van der Waals surface area contributed by atoms with E-state index >= 15 is 0 Å². The molecule has 0 amide bonds. The Kier molecular flexibility index (Phi) is 3.58. The number of aryl methyl sites for hydroxylation is 1. The lowest BCUT2D eigenvalue weighted by Gasteiger charge is -1.96. The van der Waals surface area contributed by atoms with Crippen molar-refractivity contribution in [3.8, 4) is 0 Å². The van der Waals surface area contributed by atoms with Crippen molar-refractivity contribution in [2.24, 2.45) is 0 Å². The normalized spacial score (nSPS) is 9.79. The van der Waals surface area contributed by atoms with Gasteiger partial charge in [-0.25, -0.2) is 4.98 Å². The molecule has 1 aromatic rings. The van der Waals surface area contributed by atoms with Crippen molar-refractivity contribution < 1.29 is 9.92 Å². The summed E-state index contributed by atoms with van der Waals surface area (Å²) in [5, 5.41) is 9.94. The van der Waals surface area contributed by atoms with Gasteiger partial charge in [-0.15, -0.1) is 21.5 Å². The second kappa shape index (κ2) is 4.71. The van der Waals surface area contributed by atoms with Crippen LogP contribution in [0, 0.1) is 17.0 Å². The molecule has 1 heterocycles. The number of rotatable bonds is 5. The smallest absolute Gasteiger partial charge is 0.294 e. The SMILES string of the molecule is C=Cc1nc(C)c(CCO[N+](=O)[O-])s1. The zero-order valence-electron chi connectivity index (χ0n) is 7.73. The molecule has 0 N–H and O–H groups in total. The van der Waals surface area contributed by atoms with Crippen LogP contribution in [0.1, 0.15) is 15.6 Å². The van der Waals surface area contributed by atoms with Gasteiger partial charge < -0.3 is 4.84 Å². The monoisotopic (exact) mass is 214 g/mol. The molecule has 0 bridgehead atoms. The average Bonchev–Trinajstić information content (AvgIpc) is 2.47. The Bertz CT molecular complexity index is 348. The molecule has 0 aliphatic heterocycles. The number of hydrogen-bond acceptors (Lipinski definition) is 5. The first-order valence-corrected chi connectivity index (χ1v) is 4.81. The van der Waals surface area contributed by atoms with Gasteiger partial charge in [0.1, 0.15) is 11.6 Å². The van der Waals surface area contributed by atoms with Gasteiger partial charge in [0.05, 0.1) is 5.69 Å². The van der Waals surface area contributed by atoms with Crippen LogP contribution in [0.3, 0.4) is 0 Å². The highest BCUT2D eigenvalue weighted by Crippen LogP contribution is 2.19. The maximum Gasteiger partial charge on any atom is 0.294 e. The Hall–Kier alpha value is -1.43. The minimum atomic E-state index is -0.787. The Morgan fingerprint density at radius 3 is 3.00 bits per heavy atom. The molecule has 0 fully saturated rings. The van der Waals surface area contributed by atoms with Crippen molar-refractivity contribution in [2.75, 3.05) is 6.61 Å². The molecule has 1 rings (SSSR count). The van der Waals surface area contributed by atoms with E-state index in [1.807, 2.05) is 6.92 Å². The van der Waals surface area contributed by atoms with Crippen LogP contribution in [0.4, 0.5) is 0 Å². The Labute approximate surface area is 85.1 Å². The van der Waals surface area contributed by atoms with E-state index in [2.05, 4.69) is 16.4 Å².